The molecule has 2 aromatic rings. The number of hydrogen-bond donors (Lipinski definition) is 0. The Hall–Kier alpha value is -2.37. The van der Waals surface area contributed by atoms with Crippen molar-refractivity contribution in [3.05, 3.63) is 41.0 Å². The molecule has 122 valence electrons. The third-order valence-corrected chi connectivity index (χ3v) is 4.26. The topological polar surface area (TPSA) is 68.5 Å². The predicted octanol–water partition coefficient (Wildman–Crippen LogP) is 2.71. The van der Waals surface area contributed by atoms with E-state index in [-0.39, 0.29) is 11.8 Å². The van der Waals surface area contributed by atoms with Gasteiger partial charge < -0.3 is 14.2 Å². The van der Waals surface area contributed by atoms with Gasteiger partial charge in [0.05, 0.1) is 13.0 Å². The molecule has 1 aromatic heterocycles. The van der Waals surface area contributed by atoms with E-state index in [0.29, 0.717) is 23.8 Å². The number of aromatic nitrogens is 2. The van der Waals surface area contributed by atoms with Gasteiger partial charge in [-0.25, -0.2) is 0 Å². The Morgan fingerprint density at radius 1 is 1.39 bits per heavy atom. The minimum Gasteiger partial charge on any atom is -0.496 e. The number of nitrogens with zero attached hydrogens (tertiary/aromatic N) is 3. The third-order valence-electron chi connectivity index (χ3n) is 4.26. The number of hydrogen-bond acceptors (Lipinski definition) is 5. The van der Waals surface area contributed by atoms with Crippen molar-refractivity contribution in [2.75, 3.05) is 20.2 Å². The van der Waals surface area contributed by atoms with E-state index >= 15 is 0 Å². The number of piperidine rings is 1. The molecule has 0 bridgehead atoms. The molecule has 2 heterocycles. The standard InChI is InChI=1S/C17H21N3O3/c1-11-6-7-13(9-15(11)22-3)17(21)20-8-4-5-14(10-20)16-18-12(2)19-23-16/h6-7,9,14H,4-5,8,10H2,1-3H3/t14-/m0/s1. The lowest BCUT2D eigenvalue weighted by Crippen LogP contribution is -2.39. The minimum absolute atomic E-state index is 0.0178. The number of methoxy groups -OCH3 is 1. The van der Waals surface area contributed by atoms with Crippen molar-refractivity contribution < 1.29 is 14.1 Å². The van der Waals surface area contributed by atoms with Crippen LogP contribution in [0, 0.1) is 13.8 Å². The van der Waals surface area contributed by atoms with Gasteiger partial charge in [0, 0.05) is 18.7 Å². The summed E-state index contributed by atoms with van der Waals surface area (Å²) in [6.07, 6.45) is 1.89. The summed E-state index contributed by atoms with van der Waals surface area (Å²) in [6.45, 7) is 5.12. The first-order chi connectivity index (χ1) is 11.1. The Bertz CT molecular complexity index is 711. The highest BCUT2D eigenvalue weighted by atomic mass is 16.5. The molecule has 0 spiro atoms. The molecular formula is C17H21N3O3. The van der Waals surface area contributed by atoms with Gasteiger partial charge in [-0.15, -0.1) is 0 Å². The molecule has 0 N–H and O–H groups in total. The number of carbonyl (C=O) groups excluding carboxylic acids is 1. The highest BCUT2D eigenvalue weighted by Gasteiger charge is 2.29. The van der Waals surface area contributed by atoms with Gasteiger partial charge in [-0.05, 0) is 44.4 Å². The molecule has 6 heteroatoms. The second kappa shape index (κ2) is 6.40. The van der Waals surface area contributed by atoms with E-state index in [2.05, 4.69) is 10.1 Å². The maximum atomic E-state index is 12.8. The van der Waals surface area contributed by atoms with Crippen LogP contribution in [0.5, 0.6) is 5.75 Å². The molecule has 1 atom stereocenters. The van der Waals surface area contributed by atoms with Crippen molar-refractivity contribution in [2.45, 2.75) is 32.6 Å². The molecule has 0 radical (unpaired) electrons. The quantitative estimate of drug-likeness (QED) is 0.871. The zero-order valence-corrected chi connectivity index (χ0v) is 13.7. The maximum absolute atomic E-state index is 12.8. The fourth-order valence-corrected chi connectivity index (χ4v) is 2.98. The first-order valence-corrected chi connectivity index (χ1v) is 7.82. The van der Waals surface area contributed by atoms with Crippen molar-refractivity contribution in [3.63, 3.8) is 0 Å². The number of likely N-dealkylation sites (tertiary alicyclic amines) is 1. The minimum atomic E-state index is 0.0178. The van der Waals surface area contributed by atoms with Crippen molar-refractivity contribution in [1.82, 2.24) is 15.0 Å². The molecule has 0 aliphatic carbocycles. The second-order valence-corrected chi connectivity index (χ2v) is 5.95. The summed E-state index contributed by atoms with van der Waals surface area (Å²) in [7, 11) is 1.62. The molecule has 1 fully saturated rings. The van der Waals surface area contributed by atoms with E-state index in [9.17, 15) is 4.79 Å². The van der Waals surface area contributed by atoms with Crippen LogP contribution in [0.2, 0.25) is 0 Å². The normalized spacial score (nSPS) is 18.0. The van der Waals surface area contributed by atoms with Crippen molar-refractivity contribution in [2.24, 2.45) is 0 Å². The Morgan fingerprint density at radius 3 is 2.91 bits per heavy atom. The number of aryl methyl sites for hydroxylation is 2. The number of amides is 1. The molecule has 3 rings (SSSR count). The van der Waals surface area contributed by atoms with E-state index in [1.807, 2.05) is 24.0 Å². The summed E-state index contributed by atoms with van der Waals surface area (Å²) in [5.41, 5.74) is 1.66. The van der Waals surface area contributed by atoms with Crippen LogP contribution < -0.4 is 4.74 Å². The lowest BCUT2D eigenvalue weighted by Gasteiger charge is -2.31. The summed E-state index contributed by atoms with van der Waals surface area (Å²) in [5.74, 6) is 2.12. The second-order valence-electron chi connectivity index (χ2n) is 5.95. The molecule has 1 aromatic carbocycles. The number of benzene rings is 1. The fourth-order valence-electron chi connectivity index (χ4n) is 2.98. The number of ether oxygens (including phenoxy) is 1. The zero-order valence-electron chi connectivity index (χ0n) is 13.7. The molecule has 1 saturated heterocycles. The van der Waals surface area contributed by atoms with Crippen LogP contribution in [0.1, 0.15) is 46.4 Å². The summed E-state index contributed by atoms with van der Waals surface area (Å²) in [4.78, 5) is 18.9. The van der Waals surface area contributed by atoms with Gasteiger partial charge in [0.25, 0.3) is 5.91 Å². The maximum Gasteiger partial charge on any atom is 0.254 e. The van der Waals surface area contributed by atoms with Gasteiger partial charge in [0.15, 0.2) is 5.82 Å². The van der Waals surface area contributed by atoms with Crippen LogP contribution in [-0.2, 0) is 0 Å². The van der Waals surface area contributed by atoms with Gasteiger partial charge >= 0.3 is 0 Å². The number of rotatable bonds is 3. The average Bonchev–Trinajstić information content (AvgIpc) is 3.01. The molecule has 0 saturated carbocycles. The summed E-state index contributed by atoms with van der Waals surface area (Å²) < 4.78 is 10.6. The van der Waals surface area contributed by atoms with E-state index in [1.165, 1.54) is 0 Å². The first kappa shape index (κ1) is 15.5. The number of carbonyl (C=O) groups is 1. The van der Waals surface area contributed by atoms with E-state index in [0.717, 1.165) is 30.7 Å². The SMILES string of the molecule is COc1cc(C(=O)N2CCC[C@H](c3nc(C)no3)C2)ccc1C. The van der Waals surface area contributed by atoms with Crippen molar-refractivity contribution in [1.29, 1.82) is 0 Å². The summed E-state index contributed by atoms with van der Waals surface area (Å²) in [5, 5.41) is 3.85. The molecule has 6 nitrogen and oxygen atoms in total. The molecular weight excluding hydrogens is 294 g/mol. The van der Waals surface area contributed by atoms with Gasteiger partial charge in [-0.3, -0.25) is 4.79 Å². The summed E-state index contributed by atoms with van der Waals surface area (Å²) in [6, 6.07) is 5.56. The molecule has 1 aliphatic rings. The summed E-state index contributed by atoms with van der Waals surface area (Å²) >= 11 is 0. The smallest absolute Gasteiger partial charge is 0.254 e. The zero-order chi connectivity index (χ0) is 16.4. The highest BCUT2D eigenvalue weighted by molar-refractivity contribution is 5.94. The lowest BCUT2D eigenvalue weighted by atomic mass is 9.97. The van der Waals surface area contributed by atoms with Gasteiger partial charge in [-0.1, -0.05) is 11.2 Å². The van der Waals surface area contributed by atoms with Crippen LogP contribution in [0.15, 0.2) is 22.7 Å². The van der Waals surface area contributed by atoms with Crippen molar-refractivity contribution in [3.8, 4) is 5.75 Å². The van der Waals surface area contributed by atoms with Crippen LogP contribution in [0.4, 0.5) is 0 Å². The monoisotopic (exact) mass is 315 g/mol. The van der Waals surface area contributed by atoms with Crippen LogP contribution in [0.3, 0.4) is 0 Å². The lowest BCUT2D eigenvalue weighted by molar-refractivity contribution is 0.0695. The molecule has 1 aliphatic heterocycles. The van der Waals surface area contributed by atoms with Crippen molar-refractivity contribution >= 4 is 5.91 Å². The Morgan fingerprint density at radius 2 is 2.22 bits per heavy atom. The third kappa shape index (κ3) is 3.21. The predicted molar refractivity (Wildman–Crippen MR) is 84.6 cm³/mol. The molecule has 1 amide bonds. The molecule has 0 unspecified atom stereocenters. The Balaban J connectivity index is 1.76. The van der Waals surface area contributed by atoms with Crippen LogP contribution >= 0.6 is 0 Å². The van der Waals surface area contributed by atoms with Crippen LogP contribution in [0.25, 0.3) is 0 Å². The van der Waals surface area contributed by atoms with Gasteiger partial charge in [0.2, 0.25) is 5.89 Å². The van der Waals surface area contributed by atoms with E-state index < -0.39 is 0 Å². The Labute approximate surface area is 135 Å². The average molecular weight is 315 g/mol. The molecule has 23 heavy (non-hydrogen) atoms. The highest BCUT2D eigenvalue weighted by Crippen LogP contribution is 2.27. The van der Waals surface area contributed by atoms with Gasteiger partial charge in [-0.2, -0.15) is 4.98 Å². The van der Waals surface area contributed by atoms with Crippen LogP contribution in [-0.4, -0.2) is 41.1 Å². The Kier molecular flexibility index (Phi) is 4.32. The first-order valence-electron chi connectivity index (χ1n) is 7.82. The van der Waals surface area contributed by atoms with Gasteiger partial charge in [0.1, 0.15) is 5.75 Å². The van der Waals surface area contributed by atoms with E-state index in [1.54, 1.807) is 20.1 Å². The largest absolute Gasteiger partial charge is 0.496 e. The fraction of sp³-hybridized carbons (Fsp3) is 0.471. The van der Waals surface area contributed by atoms with E-state index in [4.69, 9.17) is 9.26 Å².